The van der Waals surface area contributed by atoms with Crippen molar-refractivity contribution in [1.82, 2.24) is 4.90 Å². The molecular weight excluding hydrogens is 436 g/mol. The molecule has 0 atom stereocenters. The fraction of sp³-hybridized carbons (Fsp3) is 0.115. The number of benzene rings is 3. The highest BCUT2D eigenvalue weighted by Gasteiger charge is 2.37. The average Bonchev–Trinajstić information content (AvgIpc) is 3.07. The minimum absolute atomic E-state index is 0.192. The summed E-state index contributed by atoms with van der Waals surface area (Å²) >= 11 is 5.53. The summed E-state index contributed by atoms with van der Waals surface area (Å²) in [6, 6.07) is 21.5. The molecule has 6 nitrogen and oxygen atoms in total. The van der Waals surface area contributed by atoms with Gasteiger partial charge in [-0.3, -0.25) is 14.5 Å². The van der Waals surface area contributed by atoms with E-state index in [9.17, 15) is 9.59 Å². The molecule has 1 saturated heterocycles. The van der Waals surface area contributed by atoms with Crippen LogP contribution in [-0.2, 0) is 4.79 Å². The molecule has 3 aromatic rings. The number of rotatable bonds is 6. The summed E-state index contributed by atoms with van der Waals surface area (Å²) in [5, 5.41) is 0.366. The second-order valence-electron chi connectivity index (χ2n) is 7.34. The molecule has 0 radical (unpaired) electrons. The Kier molecular flexibility index (Phi) is 6.24. The monoisotopic (exact) mass is 458 g/mol. The number of amides is 1. The summed E-state index contributed by atoms with van der Waals surface area (Å²) in [4.78, 5) is 29.6. The van der Waals surface area contributed by atoms with Crippen LogP contribution in [-0.4, -0.2) is 43.0 Å². The number of para-hydroxylation sites is 1. The lowest BCUT2D eigenvalue weighted by molar-refractivity contribution is -0.114. The van der Waals surface area contributed by atoms with Crippen LogP contribution >= 0.6 is 12.2 Å². The van der Waals surface area contributed by atoms with Crippen LogP contribution in [0.2, 0.25) is 0 Å². The fourth-order valence-corrected chi connectivity index (χ4v) is 3.95. The van der Waals surface area contributed by atoms with Crippen LogP contribution in [0.3, 0.4) is 0 Å². The number of hydrogen-bond acceptors (Lipinski definition) is 5. The molecule has 0 bridgehead atoms. The highest BCUT2D eigenvalue weighted by Crippen LogP contribution is 2.34. The number of carbonyl (C=O) groups excluding carboxylic acids is 2. The van der Waals surface area contributed by atoms with Gasteiger partial charge in [0.15, 0.2) is 10.9 Å². The standard InChI is InChI=1S/C26H22N2O4S/c1-27-21(25(30)28(26(27)33)19-12-8-5-9-13-19)15-18-14-20(23(32-3)16-22(18)31-2)24(29)17-10-6-4-7-11-17/h4-16H,1-3H3/b21-15-. The summed E-state index contributed by atoms with van der Waals surface area (Å²) in [5.41, 5.74) is 2.51. The molecule has 1 aliphatic heterocycles. The zero-order chi connectivity index (χ0) is 23.5. The van der Waals surface area contributed by atoms with Gasteiger partial charge in [0, 0.05) is 24.2 Å². The van der Waals surface area contributed by atoms with Gasteiger partial charge in [0.2, 0.25) is 0 Å². The van der Waals surface area contributed by atoms with E-state index in [0.29, 0.717) is 44.7 Å². The molecule has 3 aromatic carbocycles. The first-order valence-corrected chi connectivity index (χ1v) is 10.6. The number of ketones is 1. The molecule has 1 aliphatic rings. The van der Waals surface area contributed by atoms with E-state index in [2.05, 4.69) is 0 Å². The summed E-state index contributed by atoms with van der Waals surface area (Å²) < 4.78 is 11.0. The molecule has 1 fully saturated rings. The lowest BCUT2D eigenvalue weighted by Gasteiger charge is -2.16. The Hall–Kier alpha value is -3.97. The third-order valence-electron chi connectivity index (χ3n) is 5.40. The topological polar surface area (TPSA) is 59.1 Å². The number of thiocarbonyl (C=S) groups is 1. The Balaban J connectivity index is 1.81. The first-order valence-electron chi connectivity index (χ1n) is 10.2. The van der Waals surface area contributed by atoms with Crippen LogP contribution in [0.25, 0.3) is 6.08 Å². The van der Waals surface area contributed by atoms with E-state index in [1.54, 1.807) is 54.4 Å². The van der Waals surface area contributed by atoms with Crippen molar-refractivity contribution in [3.05, 3.63) is 95.2 Å². The first-order chi connectivity index (χ1) is 16.0. The van der Waals surface area contributed by atoms with Gasteiger partial charge in [-0.15, -0.1) is 0 Å². The average molecular weight is 459 g/mol. The molecule has 4 rings (SSSR count). The number of hydrogen-bond donors (Lipinski definition) is 0. The second-order valence-corrected chi connectivity index (χ2v) is 7.70. The second kappa shape index (κ2) is 9.26. The Morgan fingerprint density at radius 1 is 0.909 bits per heavy atom. The van der Waals surface area contributed by atoms with Gasteiger partial charge in [-0.1, -0.05) is 48.5 Å². The Morgan fingerprint density at radius 3 is 2.12 bits per heavy atom. The van der Waals surface area contributed by atoms with Gasteiger partial charge in [-0.2, -0.15) is 0 Å². The predicted octanol–water partition coefficient (Wildman–Crippen LogP) is 4.54. The van der Waals surface area contributed by atoms with Crippen LogP contribution in [0.1, 0.15) is 21.5 Å². The number of nitrogens with zero attached hydrogens (tertiary/aromatic N) is 2. The molecule has 0 saturated carbocycles. The van der Waals surface area contributed by atoms with Crippen molar-refractivity contribution in [2.45, 2.75) is 0 Å². The molecule has 0 N–H and O–H groups in total. The van der Waals surface area contributed by atoms with Crippen molar-refractivity contribution < 1.29 is 19.1 Å². The normalized spacial score (nSPS) is 14.7. The van der Waals surface area contributed by atoms with Gasteiger partial charge in [0.1, 0.15) is 17.2 Å². The Bertz CT molecular complexity index is 1260. The molecule has 1 heterocycles. The fourth-order valence-electron chi connectivity index (χ4n) is 3.67. The summed E-state index contributed by atoms with van der Waals surface area (Å²) in [6.45, 7) is 0. The van der Waals surface area contributed by atoms with Crippen molar-refractivity contribution in [3.8, 4) is 11.5 Å². The minimum Gasteiger partial charge on any atom is -0.496 e. The molecule has 0 aromatic heterocycles. The third-order valence-corrected chi connectivity index (χ3v) is 5.86. The molecule has 1 amide bonds. The summed E-state index contributed by atoms with van der Waals surface area (Å²) in [6.07, 6.45) is 1.68. The predicted molar refractivity (Wildman–Crippen MR) is 132 cm³/mol. The number of carbonyl (C=O) groups is 2. The van der Waals surface area contributed by atoms with Crippen LogP contribution in [0.15, 0.2) is 78.5 Å². The Labute approximate surface area is 197 Å². The number of methoxy groups -OCH3 is 2. The van der Waals surface area contributed by atoms with Crippen molar-refractivity contribution in [3.63, 3.8) is 0 Å². The van der Waals surface area contributed by atoms with Gasteiger partial charge in [-0.05, 0) is 36.5 Å². The maximum Gasteiger partial charge on any atom is 0.281 e. The number of likely N-dealkylation sites (N-methyl/N-ethyl adjacent to an activating group) is 1. The third kappa shape index (κ3) is 4.10. The summed E-state index contributed by atoms with van der Waals surface area (Å²) in [7, 11) is 4.76. The maximum atomic E-state index is 13.3. The minimum atomic E-state index is -0.262. The Morgan fingerprint density at radius 2 is 1.52 bits per heavy atom. The van der Waals surface area contributed by atoms with Crippen LogP contribution in [0.4, 0.5) is 5.69 Å². The molecule has 33 heavy (non-hydrogen) atoms. The van der Waals surface area contributed by atoms with E-state index < -0.39 is 0 Å². The largest absolute Gasteiger partial charge is 0.496 e. The first kappa shape index (κ1) is 22.2. The zero-order valence-corrected chi connectivity index (χ0v) is 19.3. The van der Waals surface area contributed by atoms with E-state index in [4.69, 9.17) is 21.7 Å². The van der Waals surface area contributed by atoms with Gasteiger partial charge in [0.25, 0.3) is 5.91 Å². The van der Waals surface area contributed by atoms with E-state index in [1.165, 1.54) is 19.1 Å². The molecule has 0 spiro atoms. The van der Waals surface area contributed by atoms with Gasteiger partial charge in [-0.25, -0.2) is 0 Å². The molecule has 166 valence electrons. The molecule has 0 unspecified atom stereocenters. The van der Waals surface area contributed by atoms with Crippen molar-refractivity contribution in [2.24, 2.45) is 0 Å². The lowest BCUT2D eigenvalue weighted by Crippen LogP contribution is -2.30. The van der Waals surface area contributed by atoms with Crippen LogP contribution in [0.5, 0.6) is 11.5 Å². The number of ether oxygens (including phenoxy) is 2. The summed E-state index contributed by atoms with van der Waals surface area (Å²) in [5.74, 6) is 0.398. The zero-order valence-electron chi connectivity index (χ0n) is 18.4. The highest BCUT2D eigenvalue weighted by molar-refractivity contribution is 7.80. The van der Waals surface area contributed by atoms with Crippen LogP contribution in [0, 0.1) is 0 Å². The maximum absolute atomic E-state index is 13.3. The van der Waals surface area contributed by atoms with Gasteiger partial charge in [0.05, 0.1) is 25.5 Å². The van der Waals surface area contributed by atoms with Crippen molar-refractivity contribution in [1.29, 1.82) is 0 Å². The van der Waals surface area contributed by atoms with E-state index >= 15 is 0 Å². The van der Waals surface area contributed by atoms with Gasteiger partial charge < -0.3 is 14.4 Å². The molecule has 7 heteroatoms. The van der Waals surface area contributed by atoms with Gasteiger partial charge >= 0.3 is 0 Å². The smallest absolute Gasteiger partial charge is 0.281 e. The van der Waals surface area contributed by atoms with E-state index in [-0.39, 0.29) is 11.7 Å². The quantitative estimate of drug-likeness (QED) is 0.307. The van der Waals surface area contributed by atoms with Crippen molar-refractivity contribution >= 4 is 40.8 Å². The van der Waals surface area contributed by atoms with E-state index in [0.717, 1.165) is 0 Å². The number of anilines is 1. The molecule has 0 aliphatic carbocycles. The van der Waals surface area contributed by atoms with Crippen molar-refractivity contribution in [2.75, 3.05) is 26.2 Å². The SMILES string of the molecule is COc1cc(OC)c(C(=O)c2ccccc2)cc1/C=C1/C(=O)N(c2ccccc2)C(=S)N1C. The molecular formula is C26H22N2O4S. The van der Waals surface area contributed by atoms with E-state index in [1.807, 2.05) is 36.4 Å². The highest BCUT2D eigenvalue weighted by atomic mass is 32.1. The van der Waals surface area contributed by atoms with Crippen LogP contribution < -0.4 is 14.4 Å². The lowest BCUT2D eigenvalue weighted by atomic mass is 9.99.